The number of alkyl halides is 2. The van der Waals surface area contributed by atoms with Crippen molar-refractivity contribution in [3.63, 3.8) is 0 Å². The summed E-state index contributed by atoms with van der Waals surface area (Å²) in [7, 11) is 0. The first kappa shape index (κ1) is 12.0. The van der Waals surface area contributed by atoms with E-state index in [0.717, 1.165) is 17.3 Å². The number of carboxylic acids is 1. The van der Waals surface area contributed by atoms with Crippen LogP contribution in [0.15, 0.2) is 6.20 Å². The van der Waals surface area contributed by atoms with Crippen molar-refractivity contribution in [2.24, 2.45) is 0 Å². The summed E-state index contributed by atoms with van der Waals surface area (Å²) >= 11 is 0. The number of aromatic nitrogens is 2. The highest BCUT2D eigenvalue weighted by Crippen LogP contribution is 2.34. The van der Waals surface area contributed by atoms with Crippen LogP contribution in [0.1, 0.15) is 47.8 Å². The number of aliphatic hydroxyl groups is 1. The molecule has 1 aliphatic rings. The fourth-order valence-corrected chi connectivity index (χ4v) is 2.22. The summed E-state index contributed by atoms with van der Waals surface area (Å²) in [6, 6.07) is -0.549. The standard InChI is InChI=1S/C10H12F2N2O3/c11-9(12)8-5(10(16)17)4-13-14(8)6-2-1-3-7(6)15/h4,6-7,9,15H,1-3H2,(H,16,17). The van der Waals surface area contributed by atoms with Crippen LogP contribution in [-0.4, -0.2) is 32.1 Å². The van der Waals surface area contributed by atoms with Crippen molar-refractivity contribution in [2.45, 2.75) is 37.8 Å². The minimum atomic E-state index is -2.92. The maximum Gasteiger partial charge on any atom is 0.339 e. The van der Waals surface area contributed by atoms with Crippen LogP contribution in [0.4, 0.5) is 8.78 Å². The predicted molar refractivity (Wildman–Crippen MR) is 53.0 cm³/mol. The summed E-state index contributed by atoms with van der Waals surface area (Å²) in [5.41, 5.74) is -1.12. The molecular weight excluding hydrogens is 234 g/mol. The van der Waals surface area contributed by atoms with Crippen LogP contribution in [0.5, 0.6) is 0 Å². The van der Waals surface area contributed by atoms with Gasteiger partial charge in [0.05, 0.1) is 18.3 Å². The van der Waals surface area contributed by atoms with Crippen molar-refractivity contribution < 1.29 is 23.8 Å². The van der Waals surface area contributed by atoms with Gasteiger partial charge < -0.3 is 10.2 Å². The van der Waals surface area contributed by atoms with Crippen LogP contribution in [0.3, 0.4) is 0 Å². The minimum absolute atomic E-state index is 0.501. The van der Waals surface area contributed by atoms with E-state index in [0.29, 0.717) is 12.8 Å². The number of hydrogen-bond donors (Lipinski definition) is 2. The van der Waals surface area contributed by atoms with E-state index in [1.807, 2.05) is 0 Å². The van der Waals surface area contributed by atoms with Crippen molar-refractivity contribution in [1.29, 1.82) is 0 Å². The Morgan fingerprint density at radius 3 is 2.71 bits per heavy atom. The zero-order valence-electron chi connectivity index (χ0n) is 8.88. The Bertz CT molecular complexity index is 433. The molecule has 1 aliphatic carbocycles. The van der Waals surface area contributed by atoms with E-state index in [4.69, 9.17) is 5.11 Å². The molecule has 2 rings (SSSR count). The number of aromatic carboxylic acids is 1. The second kappa shape index (κ2) is 4.40. The molecule has 0 spiro atoms. The van der Waals surface area contributed by atoms with Gasteiger partial charge in [0.2, 0.25) is 0 Å². The quantitative estimate of drug-likeness (QED) is 0.849. The monoisotopic (exact) mass is 246 g/mol. The van der Waals surface area contributed by atoms with Gasteiger partial charge in [0, 0.05) is 0 Å². The average Bonchev–Trinajstić information content (AvgIpc) is 2.82. The highest BCUT2D eigenvalue weighted by atomic mass is 19.3. The van der Waals surface area contributed by atoms with Gasteiger partial charge in [0.15, 0.2) is 0 Å². The number of hydrogen-bond acceptors (Lipinski definition) is 3. The van der Waals surface area contributed by atoms with E-state index in [-0.39, 0.29) is 0 Å². The van der Waals surface area contributed by atoms with Crippen LogP contribution in [0.2, 0.25) is 0 Å². The van der Waals surface area contributed by atoms with Gasteiger partial charge in [-0.3, -0.25) is 4.68 Å². The number of nitrogens with zero attached hydrogens (tertiary/aromatic N) is 2. The predicted octanol–water partition coefficient (Wildman–Crippen LogP) is 1.60. The summed E-state index contributed by atoms with van der Waals surface area (Å²) in [5.74, 6) is -1.43. The average molecular weight is 246 g/mol. The van der Waals surface area contributed by atoms with Gasteiger partial charge in [-0.25, -0.2) is 13.6 Å². The Hall–Kier alpha value is -1.50. The number of carbonyl (C=O) groups is 1. The molecule has 0 amide bonds. The Morgan fingerprint density at radius 2 is 2.24 bits per heavy atom. The molecule has 5 nitrogen and oxygen atoms in total. The van der Waals surface area contributed by atoms with Gasteiger partial charge in [-0.1, -0.05) is 0 Å². The van der Waals surface area contributed by atoms with Crippen LogP contribution < -0.4 is 0 Å². The smallest absolute Gasteiger partial charge is 0.339 e. The molecule has 0 aromatic carbocycles. The highest BCUT2D eigenvalue weighted by Gasteiger charge is 2.33. The molecule has 2 N–H and O–H groups in total. The Kier molecular flexibility index (Phi) is 3.10. The number of carboxylic acid groups (broad SMARTS) is 1. The van der Waals surface area contributed by atoms with E-state index in [1.165, 1.54) is 0 Å². The van der Waals surface area contributed by atoms with Crippen molar-refractivity contribution >= 4 is 5.97 Å². The third-order valence-corrected chi connectivity index (χ3v) is 3.03. The van der Waals surface area contributed by atoms with E-state index in [2.05, 4.69) is 5.10 Å². The lowest BCUT2D eigenvalue weighted by atomic mass is 10.2. The third kappa shape index (κ3) is 2.02. The van der Waals surface area contributed by atoms with Gasteiger partial charge in [-0.15, -0.1) is 0 Å². The maximum atomic E-state index is 12.9. The molecule has 1 fully saturated rings. The summed E-state index contributed by atoms with van der Waals surface area (Å²) in [6.07, 6.45) is -0.978. The van der Waals surface area contributed by atoms with Crippen LogP contribution in [0.25, 0.3) is 0 Å². The number of rotatable bonds is 3. The van der Waals surface area contributed by atoms with E-state index < -0.39 is 35.8 Å². The molecular formula is C10H12F2N2O3. The van der Waals surface area contributed by atoms with Crippen molar-refractivity contribution in [3.05, 3.63) is 17.5 Å². The first-order chi connectivity index (χ1) is 8.02. The molecule has 1 heterocycles. The Labute approximate surface area is 95.7 Å². The van der Waals surface area contributed by atoms with Crippen LogP contribution in [0, 0.1) is 0 Å². The van der Waals surface area contributed by atoms with Gasteiger partial charge in [0.1, 0.15) is 11.3 Å². The summed E-state index contributed by atoms with van der Waals surface area (Å²) in [6.45, 7) is 0. The molecule has 1 saturated carbocycles. The normalized spacial score (nSPS) is 24.5. The maximum absolute atomic E-state index is 12.9. The lowest BCUT2D eigenvalue weighted by Crippen LogP contribution is -2.22. The Balaban J connectivity index is 2.43. The fourth-order valence-electron chi connectivity index (χ4n) is 2.22. The SMILES string of the molecule is O=C(O)c1cnn(C2CCCC2O)c1C(F)F. The van der Waals surface area contributed by atoms with Crippen LogP contribution >= 0.6 is 0 Å². The lowest BCUT2D eigenvalue weighted by molar-refractivity contribution is 0.0675. The summed E-state index contributed by atoms with van der Waals surface area (Å²) in [4.78, 5) is 10.8. The van der Waals surface area contributed by atoms with Crippen molar-refractivity contribution in [3.8, 4) is 0 Å². The van der Waals surface area contributed by atoms with E-state index in [1.54, 1.807) is 0 Å². The molecule has 2 unspecified atom stereocenters. The molecule has 0 saturated heterocycles. The first-order valence-electron chi connectivity index (χ1n) is 5.29. The fraction of sp³-hybridized carbons (Fsp3) is 0.600. The van der Waals surface area contributed by atoms with Gasteiger partial charge >= 0.3 is 5.97 Å². The number of halogens is 2. The topological polar surface area (TPSA) is 75.3 Å². The molecule has 94 valence electrons. The lowest BCUT2D eigenvalue weighted by Gasteiger charge is -2.18. The first-order valence-corrected chi connectivity index (χ1v) is 5.29. The molecule has 0 radical (unpaired) electrons. The highest BCUT2D eigenvalue weighted by molar-refractivity contribution is 5.88. The summed E-state index contributed by atoms with van der Waals surface area (Å²) in [5, 5.41) is 22.1. The van der Waals surface area contributed by atoms with E-state index in [9.17, 15) is 18.7 Å². The van der Waals surface area contributed by atoms with Gasteiger partial charge in [-0.05, 0) is 19.3 Å². The van der Waals surface area contributed by atoms with Gasteiger partial charge in [-0.2, -0.15) is 5.10 Å². The number of aliphatic hydroxyl groups excluding tert-OH is 1. The second-order valence-corrected chi connectivity index (χ2v) is 4.06. The van der Waals surface area contributed by atoms with Crippen LogP contribution in [-0.2, 0) is 0 Å². The van der Waals surface area contributed by atoms with Crippen molar-refractivity contribution in [2.75, 3.05) is 0 Å². The Morgan fingerprint density at radius 1 is 1.53 bits per heavy atom. The van der Waals surface area contributed by atoms with E-state index >= 15 is 0 Å². The molecule has 17 heavy (non-hydrogen) atoms. The molecule has 0 bridgehead atoms. The molecule has 7 heteroatoms. The zero-order valence-corrected chi connectivity index (χ0v) is 8.88. The zero-order chi connectivity index (χ0) is 12.6. The minimum Gasteiger partial charge on any atom is -0.478 e. The third-order valence-electron chi connectivity index (χ3n) is 3.03. The largest absolute Gasteiger partial charge is 0.478 e. The summed E-state index contributed by atoms with van der Waals surface area (Å²) < 4.78 is 26.7. The molecule has 2 atom stereocenters. The van der Waals surface area contributed by atoms with Crippen molar-refractivity contribution in [1.82, 2.24) is 9.78 Å². The molecule has 1 aromatic rings. The molecule has 1 aromatic heterocycles. The van der Waals surface area contributed by atoms with Gasteiger partial charge in [0.25, 0.3) is 6.43 Å². The second-order valence-electron chi connectivity index (χ2n) is 4.06. The molecule has 0 aliphatic heterocycles.